The summed E-state index contributed by atoms with van der Waals surface area (Å²) in [6.07, 6.45) is 22.0. The van der Waals surface area contributed by atoms with Gasteiger partial charge in [0.1, 0.15) is 0 Å². The minimum atomic E-state index is -0.949. The third kappa shape index (κ3) is 11.8. The molecule has 0 aliphatic heterocycles. The molecule has 4 nitrogen and oxygen atoms in total. The van der Waals surface area contributed by atoms with Crippen LogP contribution in [0, 0.1) is 0 Å². The Labute approximate surface area is 178 Å². The lowest BCUT2D eigenvalue weighted by molar-refractivity contribution is 0.0695. The van der Waals surface area contributed by atoms with Gasteiger partial charge >= 0.3 is 5.97 Å². The lowest BCUT2D eigenvalue weighted by Gasteiger charge is -2.11. The normalized spacial score (nSPS) is 11.1. The van der Waals surface area contributed by atoms with E-state index in [0.717, 1.165) is 18.4 Å². The van der Waals surface area contributed by atoms with Gasteiger partial charge < -0.3 is 16.6 Å². The minimum Gasteiger partial charge on any atom is -0.478 e. The van der Waals surface area contributed by atoms with Crippen LogP contribution in [0.25, 0.3) is 0 Å². The maximum absolute atomic E-state index is 11.4. The molecule has 1 rings (SSSR count). The van der Waals surface area contributed by atoms with Crippen molar-refractivity contribution in [1.29, 1.82) is 0 Å². The first-order valence-electron chi connectivity index (χ1n) is 12.0. The van der Waals surface area contributed by atoms with Crippen LogP contribution in [0.3, 0.4) is 0 Å². The SMILES string of the molecule is CCCCCCCCCCCCCCCCCCc1c(N)cc(N)cc1C(=O)O. The molecule has 29 heavy (non-hydrogen) atoms. The van der Waals surface area contributed by atoms with E-state index in [1.807, 2.05) is 0 Å². The van der Waals surface area contributed by atoms with E-state index in [2.05, 4.69) is 6.92 Å². The molecule has 0 unspecified atom stereocenters. The van der Waals surface area contributed by atoms with Gasteiger partial charge in [-0.05, 0) is 30.5 Å². The number of hydrogen-bond acceptors (Lipinski definition) is 3. The van der Waals surface area contributed by atoms with Gasteiger partial charge in [-0.1, -0.05) is 103 Å². The number of anilines is 2. The fraction of sp³-hybridized carbons (Fsp3) is 0.720. The molecule has 5 N–H and O–H groups in total. The zero-order chi connectivity index (χ0) is 21.3. The highest BCUT2D eigenvalue weighted by molar-refractivity contribution is 5.92. The van der Waals surface area contributed by atoms with Crippen LogP contribution < -0.4 is 11.5 Å². The Morgan fingerprint density at radius 1 is 0.724 bits per heavy atom. The van der Waals surface area contributed by atoms with Crippen LogP contribution in [0.4, 0.5) is 11.4 Å². The van der Waals surface area contributed by atoms with E-state index in [0.29, 0.717) is 17.8 Å². The third-order valence-corrected chi connectivity index (χ3v) is 5.82. The van der Waals surface area contributed by atoms with Crippen molar-refractivity contribution in [2.75, 3.05) is 11.5 Å². The molecule has 1 aromatic rings. The first kappa shape index (κ1) is 25.3. The summed E-state index contributed by atoms with van der Waals surface area (Å²) in [7, 11) is 0. The van der Waals surface area contributed by atoms with Crippen molar-refractivity contribution in [3.8, 4) is 0 Å². The van der Waals surface area contributed by atoms with Gasteiger partial charge in [0.05, 0.1) is 5.56 Å². The number of benzene rings is 1. The summed E-state index contributed by atoms with van der Waals surface area (Å²) in [5, 5.41) is 9.34. The monoisotopic (exact) mass is 404 g/mol. The molecule has 166 valence electrons. The molecular weight excluding hydrogens is 360 g/mol. The van der Waals surface area contributed by atoms with Crippen LogP contribution in [0.2, 0.25) is 0 Å². The molecule has 0 bridgehead atoms. The Morgan fingerprint density at radius 3 is 1.55 bits per heavy atom. The zero-order valence-corrected chi connectivity index (χ0v) is 18.7. The molecule has 0 amide bonds. The molecule has 4 heteroatoms. The van der Waals surface area contributed by atoms with Gasteiger partial charge in [0.25, 0.3) is 0 Å². The molecule has 0 heterocycles. The smallest absolute Gasteiger partial charge is 0.336 e. The molecule has 0 aliphatic carbocycles. The van der Waals surface area contributed by atoms with E-state index in [-0.39, 0.29) is 5.56 Å². The van der Waals surface area contributed by atoms with Crippen LogP contribution in [-0.2, 0) is 6.42 Å². The van der Waals surface area contributed by atoms with Gasteiger partial charge in [-0.3, -0.25) is 0 Å². The van der Waals surface area contributed by atoms with E-state index in [9.17, 15) is 9.90 Å². The van der Waals surface area contributed by atoms with Crippen LogP contribution in [0.5, 0.6) is 0 Å². The number of aromatic carboxylic acids is 1. The predicted octanol–water partition coefficient (Wildman–Crippen LogP) is 7.35. The summed E-state index contributed by atoms with van der Waals surface area (Å²) in [5.41, 5.74) is 13.6. The maximum atomic E-state index is 11.4. The number of hydrogen-bond donors (Lipinski definition) is 3. The number of carboxylic acid groups (broad SMARTS) is 1. The summed E-state index contributed by atoms with van der Waals surface area (Å²) in [6.45, 7) is 2.27. The maximum Gasteiger partial charge on any atom is 0.336 e. The number of carboxylic acids is 1. The molecule has 0 aromatic heterocycles. The summed E-state index contributed by atoms with van der Waals surface area (Å²) in [6, 6.07) is 3.18. The second-order valence-corrected chi connectivity index (χ2v) is 8.49. The standard InChI is InChI=1S/C25H44N2O2/c1-2-3-4-5-6-7-8-9-10-11-12-13-14-15-16-17-18-22-23(25(28)29)19-21(26)20-24(22)27/h19-20H,2-18,26-27H2,1H3,(H,28,29). The van der Waals surface area contributed by atoms with Gasteiger partial charge in [-0.2, -0.15) is 0 Å². The third-order valence-electron chi connectivity index (χ3n) is 5.82. The lowest BCUT2D eigenvalue weighted by atomic mass is 9.97. The Kier molecular flexibility index (Phi) is 14.1. The average molecular weight is 405 g/mol. The molecule has 1 aromatic carbocycles. The lowest BCUT2D eigenvalue weighted by Crippen LogP contribution is -2.07. The number of nitrogens with two attached hydrogens (primary N) is 2. The Morgan fingerprint density at radius 2 is 1.14 bits per heavy atom. The first-order valence-corrected chi connectivity index (χ1v) is 12.0. The number of unbranched alkanes of at least 4 members (excludes halogenated alkanes) is 15. The highest BCUT2D eigenvalue weighted by Crippen LogP contribution is 2.24. The summed E-state index contributed by atoms with van der Waals surface area (Å²) in [5.74, 6) is -0.949. The highest BCUT2D eigenvalue weighted by atomic mass is 16.4. The van der Waals surface area contributed by atoms with Crippen molar-refractivity contribution in [3.63, 3.8) is 0 Å². The molecule has 0 atom stereocenters. The fourth-order valence-electron chi connectivity index (χ4n) is 4.04. The van der Waals surface area contributed by atoms with Gasteiger partial charge in [-0.25, -0.2) is 4.79 Å². The fourth-order valence-corrected chi connectivity index (χ4v) is 4.04. The van der Waals surface area contributed by atoms with Crippen LogP contribution in [-0.4, -0.2) is 11.1 Å². The molecule has 0 fully saturated rings. The van der Waals surface area contributed by atoms with Crippen molar-refractivity contribution in [2.24, 2.45) is 0 Å². The van der Waals surface area contributed by atoms with Crippen molar-refractivity contribution < 1.29 is 9.90 Å². The zero-order valence-electron chi connectivity index (χ0n) is 18.7. The molecule has 0 saturated carbocycles. The number of carbonyl (C=O) groups is 1. The van der Waals surface area contributed by atoms with Crippen molar-refractivity contribution in [3.05, 3.63) is 23.3 Å². The van der Waals surface area contributed by atoms with Gasteiger partial charge in [0.15, 0.2) is 0 Å². The van der Waals surface area contributed by atoms with Crippen molar-refractivity contribution in [2.45, 2.75) is 116 Å². The van der Waals surface area contributed by atoms with Crippen molar-refractivity contribution >= 4 is 17.3 Å². The molecule has 0 spiro atoms. The van der Waals surface area contributed by atoms with Crippen LogP contribution in [0.15, 0.2) is 12.1 Å². The summed E-state index contributed by atoms with van der Waals surface area (Å²) in [4.78, 5) is 11.4. The Hall–Kier alpha value is -1.71. The molecule has 0 saturated heterocycles. The Bertz CT molecular complexity index is 572. The van der Waals surface area contributed by atoms with Crippen LogP contribution in [0.1, 0.15) is 126 Å². The minimum absolute atomic E-state index is 0.253. The molecule has 0 aliphatic rings. The van der Waals surface area contributed by atoms with Gasteiger partial charge in [0.2, 0.25) is 0 Å². The quantitative estimate of drug-likeness (QED) is 0.176. The topological polar surface area (TPSA) is 89.3 Å². The van der Waals surface area contributed by atoms with Crippen molar-refractivity contribution in [1.82, 2.24) is 0 Å². The largest absolute Gasteiger partial charge is 0.478 e. The van der Waals surface area contributed by atoms with Gasteiger partial charge in [0, 0.05) is 11.4 Å². The number of rotatable bonds is 18. The number of nitrogen functional groups attached to an aromatic ring is 2. The second kappa shape index (κ2) is 16.1. The van der Waals surface area contributed by atoms with E-state index in [1.165, 1.54) is 96.0 Å². The Balaban J connectivity index is 1.98. The first-order chi connectivity index (χ1) is 14.1. The van der Waals surface area contributed by atoms with E-state index >= 15 is 0 Å². The van der Waals surface area contributed by atoms with Crippen LogP contribution >= 0.6 is 0 Å². The van der Waals surface area contributed by atoms with E-state index in [1.54, 1.807) is 6.07 Å². The predicted molar refractivity (Wildman–Crippen MR) is 125 cm³/mol. The molecule has 0 radical (unpaired) electrons. The van der Waals surface area contributed by atoms with E-state index in [4.69, 9.17) is 11.5 Å². The molecular formula is C25H44N2O2. The van der Waals surface area contributed by atoms with E-state index < -0.39 is 5.97 Å². The highest BCUT2D eigenvalue weighted by Gasteiger charge is 2.13. The van der Waals surface area contributed by atoms with Gasteiger partial charge in [-0.15, -0.1) is 0 Å². The average Bonchev–Trinajstić information content (AvgIpc) is 2.68. The summed E-state index contributed by atoms with van der Waals surface area (Å²) >= 11 is 0. The second-order valence-electron chi connectivity index (χ2n) is 8.49. The summed E-state index contributed by atoms with van der Waals surface area (Å²) < 4.78 is 0.